The van der Waals surface area contributed by atoms with E-state index in [1.54, 1.807) is 6.07 Å². The van der Waals surface area contributed by atoms with E-state index in [1.807, 2.05) is 30.5 Å². The van der Waals surface area contributed by atoms with Crippen molar-refractivity contribution in [1.29, 1.82) is 0 Å². The molecule has 0 saturated heterocycles. The van der Waals surface area contributed by atoms with Crippen molar-refractivity contribution in [2.75, 3.05) is 5.32 Å². The van der Waals surface area contributed by atoms with Crippen molar-refractivity contribution in [3.05, 3.63) is 72.7 Å². The predicted molar refractivity (Wildman–Crippen MR) is 94.1 cm³/mol. The molecule has 130 valence electrons. The van der Waals surface area contributed by atoms with E-state index in [2.05, 4.69) is 20.3 Å². The third-order valence-corrected chi connectivity index (χ3v) is 4.00. The lowest BCUT2D eigenvalue weighted by Crippen LogP contribution is -2.04. The number of nitrogens with one attached hydrogen (secondary N) is 2. The van der Waals surface area contributed by atoms with Crippen LogP contribution in [0.5, 0.6) is 0 Å². The fourth-order valence-corrected chi connectivity index (χ4v) is 2.69. The van der Waals surface area contributed by atoms with Gasteiger partial charge >= 0.3 is 6.18 Å². The smallest absolute Gasteiger partial charge is 0.361 e. The monoisotopic (exact) mass is 354 g/mol. The number of halogens is 3. The molecular weight excluding hydrogens is 341 g/mol. The zero-order valence-electron chi connectivity index (χ0n) is 13.4. The zero-order chi connectivity index (χ0) is 18.1. The van der Waals surface area contributed by atoms with Gasteiger partial charge in [-0.05, 0) is 36.4 Å². The van der Waals surface area contributed by atoms with E-state index in [9.17, 15) is 13.2 Å². The Hall–Kier alpha value is -3.35. The number of aromatic nitrogens is 3. The van der Waals surface area contributed by atoms with Crippen LogP contribution in [0.2, 0.25) is 0 Å². The summed E-state index contributed by atoms with van der Waals surface area (Å²) in [5.74, 6) is 0.560. The van der Waals surface area contributed by atoms with Gasteiger partial charge in [0.2, 0.25) is 0 Å². The second-order valence-electron chi connectivity index (χ2n) is 5.77. The maximum Gasteiger partial charge on any atom is 0.416 e. The van der Waals surface area contributed by atoms with Crippen LogP contribution in [-0.2, 0) is 6.18 Å². The Labute approximate surface area is 146 Å². The lowest BCUT2D eigenvalue weighted by Gasteiger charge is -2.09. The van der Waals surface area contributed by atoms with Gasteiger partial charge in [-0.2, -0.15) is 13.2 Å². The van der Waals surface area contributed by atoms with Crippen LogP contribution < -0.4 is 5.32 Å². The van der Waals surface area contributed by atoms with E-state index in [1.165, 1.54) is 18.5 Å². The number of hydrogen-bond acceptors (Lipinski definition) is 3. The first kappa shape index (κ1) is 16.1. The molecule has 0 aliphatic carbocycles. The molecule has 2 heterocycles. The van der Waals surface area contributed by atoms with Crippen LogP contribution in [0, 0.1) is 0 Å². The average Bonchev–Trinajstić information content (AvgIpc) is 3.09. The Kier molecular flexibility index (Phi) is 3.84. The number of hydrogen-bond donors (Lipinski definition) is 2. The first-order chi connectivity index (χ1) is 12.5. The second-order valence-corrected chi connectivity index (χ2v) is 5.77. The van der Waals surface area contributed by atoms with Crippen molar-refractivity contribution in [3.8, 4) is 11.3 Å². The summed E-state index contributed by atoms with van der Waals surface area (Å²) in [4.78, 5) is 11.4. The van der Waals surface area contributed by atoms with Crippen molar-refractivity contribution in [2.45, 2.75) is 6.18 Å². The van der Waals surface area contributed by atoms with E-state index in [0.29, 0.717) is 17.1 Å². The van der Waals surface area contributed by atoms with Gasteiger partial charge in [-0.1, -0.05) is 12.1 Å². The molecule has 0 unspecified atom stereocenters. The molecule has 0 aliphatic heterocycles. The maximum atomic E-state index is 12.7. The number of alkyl halides is 3. The van der Waals surface area contributed by atoms with Crippen molar-refractivity contribution in [2.24, 2.45) is 0 Å². The Morgan fingerprint density at radius 2 is 1.69 bits per heavy atom. The minimum absolute atomic E-state index is 0.541. The van der Waals surface area contributed by atoms with E-state index in [0.717, 1.165) is 28.7 Å². The molecule has 0 aliphatic rings. The highest BCUT2D eigenvalue weighted by molar-refractivity contribution is 5.84. The Balaban J connectivity index is 1.60. The van der Waals surface area contributed by atoms with Crippen LogP contribution in [0.15, 0.2) is 67.1 Å². The molecule has 0 saturated carbocycles. The molecule has 2 N–H and O–H groups in total. The van der Waals surface area contributed by atoms with Gasteiger partial charge in [-0.25, -0.2) is 9.97 Å². The molecule has 0 radical (unpaired) electrons. The van der Waals surface area contributed by atoms with Crippen LogP contribution in [-0.4, -0.2) is 15.0 Å². The first-order valence-electron chi connectivity index (χ1n) is 7.83. The van der Waals surface area contributed by atoms with Crippen LogP contribution in [0.25, 0.3) is 22.2 Å². The molecule has 2 aromatic carbocycles. The van der Waals surface area contributed by atoms with Gasteiger partial charge in [-0.3, -0.25) is 0 Å². The average molecular weight is 354 g/mol. The van der Waals surface area contributed by atoms with Crippen molar-refractivity contribution in [3.63, 3.8) is 0 Å². The second kappa shape index (κ2) is 6.18. The highest BCUT2D eigenvalue weighted by Gasteiger charge is 2.30. The quantitative estimate of drug-likeness (QED) is 0.519. The molecule has 4 aromatic rings. The van der Waals surface area contributed by atoms with E-state index in [4.69, 9.17) is 0 Å². The third-order valence-electron chi connectivity index (χ3n) is 4.00. The number of benzene rings is 2. The number of aromatic amines is 1. The Morgan fingerprint density at radius 1 is 0.885 bits per heavy atom. The summed E-state index contributed by atoms with van der Waals surface area (Å²) in [6.07, 6.45) is -1.11. The van der Waals surface area contributed by atoms with Crippen LogP contribution in [0.3, 0.4) is 0 Å². The molecule has 4 nitrogen and oxygen atoms in total. The third kappa shape index (κ3) is 3.23. The fraction of sp³-hybridized carbons (Fsp3) is 0.0526. The molecule has 0 fully saturated rings. The van der Waals surface area contributed by atoms with Crippen LogP contribution >= 0.6 is 0 Å². The van der Waals surface area contributed by atoms with E-state index >= 15 is 0 Å². The summed E-state index contributed by atoms with van der Waals surface area (Å²) in [6.45, 7) is 0. The van der Waals surface area contributed by atoms with Crippen molar-refractivity contribution < 1.29 is 13.2 Å². The highest BCUT2D eigenvalue weighted by Crippen LogP contribution is 2.31. The van der Waals surface area contributed by atoms with E-state index in [-0.39, 0.29) is 0 Å². The Bertz CT molecular complexity index is 1050. The highest BCUT2D eigenvalue weighted by atomic mass is 19.4. The molecule has 0 atom stereocenters. The molecule has 26 heavy (non-hydrogen) atoms. The van der Waals surface area contributed by atoms with Gasteiger partial charge < -0.3 is 10.3 Å². The van der Waals surface area contributed by atoms with Crippen molar-refractivity contribution >= 4 is 22.4 Å². The Morgan fingerprint density at radius 3 is 2.46 bits per heavy atom. The summed E-state index contributed by atoms with van der Waals surface area (Å²) in [5, 5.41) is 4.25. The zero-order valence-corrected chi connectivity index (χ0v) is 13.4. The molecule has 2 aromatic heterocycles. The van der Waals surface area contributed by atoms with Crippen LogP contribution in [0.4, 0.5) is 24.7 Å². The number of rotatable bonds is 3. The summed E-state index contributed by atoms with van der Waals surface area (Å²) in [6, 6.07) is 14.4. The van der Waals surface area contributed by atoms with Gasteiger partial charge in [0.05, 0.1) is 11.3 Å². The van der Waals surface area contributed by atoms with Gasteiger partial charge in [0.1, 0.15) is 12.1 Å². The standard InChI is InChI=1S/C19H13F3N4/c20-19(21,22)14-3-1-12(2-4-14)17-10-18(25-11-24-17)26-15-5-6-16-13(9-15)7-8-23-16/h1-11,23H,(H,24,25,26). The number of H-pyrrole nitrogens is 1. The lowest BCUT2D eigenvalue weighted by atomic mass is 10.1. The SMILES string of the molecule is FC(F)(F)c1ccc(-c2cc(Nc3ccc4[nH]ccc4c3)ncn2)cc1. The van der Waals surface area contributed by atoms with Gasteiger partial charge in [0, 0.05) is 34.4 Å². The fourth-order valence-electron chi connectivity index (χ4n) is 2.69. The number of anilines is 2. The predicted octanol–water partition coefficient (Wildman–Crippen LogP) is 5.39. The molecular formula is C19H13F3N4. The lowest BCUT2D eigenvalue weighted by molar-refractivity contribution is -0.137. The summed E-state index contributed by atoms with van der Waals surface area (Å²) in [7, 11) is 0. The maximum absolute atomic E-state index is 12.7. The molecule has 7 heteroatoms. The van der Waals surface area contributed by atoms with Crippen LogP contribution in [0.1, 0.15) is 5.56 Å². The largest absolute Gasteiger partial charge is 0.416 e. The van der Waals surface area contributed by atoms with E-state index < -0.39 is 11.7 Å². The summed E-state index contributed by atoms with van der Waals surface area (Å²) in [5.41, 5.74) is 2.33. The molecule has 0 bridgehead atoms. The number of nitrogens with zero attached hydrogens (tertiary/aromatic N) is 2. The minimum atomic E-state index is -4.35. The first-order valence-corrected chi connectivity index (χ1v) is 7.83. The number of fused-ring (bicyclic) bond motifs is 1. The van der Waals surface area contributed by atoms with Gasteiger partial charge in [0.25, 0.3) is 0 Å². The summed E-state index contributed by atoms with van der Waals surface area (Å²) < 4.78 is 38.0. The van der Waals surface area contributed by atoms with Gasteiger partial charge in [0.15, 0.2) is 0 Å². The van der Waals surface area contributed by atoms with Gasteiger partial charge in [-0.15, -0.1) is 0 Å². The molecule has 0 spiro atoms. The normalized spacial score (nSPS) is 11.7. The summed E-state index contributed by atoms with van der Waals surface area (Å²) >= 11 is 0. The minimum Gasteiger partial charge on any atom is -0.361 e. The molecule has 0 amide bonds. The van der Waals surface area contributed by atoms with Crippen molar-refractivity contribution in [1.82, 2.24) is 15.0 Å². The molecule has 4 rings (SSSR count). The topological polar surface area (TPSA) is 53.6 Å².